The molecule has 1 N–H and O–H groups in total. The van der Waals surface area contributed by atoms with Gasteiger partial charge in [0.25, 0.3) is 0 Å². The molecule has 2 nitrogen and oxygen atoms in total. The molecule has 0 bridgehead atoms. The molecule has 21 heavy (non-hydrogen) atoms. The Morgan fingerprint density at radius 1 is 1.10 bits per heavy atom. The molecular formula is C18H22FNO. The van der Waals surface area contributed by atoms with Crippen LogP contribution in [-0.2, 0) is 13.2 Å². The first kappa shape index (κ1) is 15.5. The molecule has 0 heterocycles. The molecule has 0 saturated heterocycles. The van der Waals surface area contributed by atoms with Crippen LogP contribution in [0.5, 0.6) is 5.75 Å². The number of hydrogen-bond donors (Lipinski definition) is 1. The minimum atomic E-state index is -0.237. The molecule has 0 atom stereocenters. The molecule has 112 valence electrons. The van der Waals surface area contributed by atoms with Gasteiger partial charge >= 0.3 is 0 Å². The summed E-state index contributed by atoms with van der Waals surface area (Å²) in [5.74, 6) is 0.492. The van der Waals surface area contributed by atoms with Crippen molar-refractivity contribution in [2.75, 3.05) is 0 Å². The van der Waals surface area contributed by atoms with Crippen molar-refractivity contribution in [1.82, 2.24) is 5.32 Å². The van der Waals surface area contributed by atoms with Gasteiger partial charge in [-0.2, -0.15) is 0 Å². The second kappa shape index (κ2) is 7.23. The monoisotopic (exact) mass is 287 g/mol. The molecule has 0 aromatic heterocycles. The van der Waals surface area contributed by atoms with Crippen molar-refractivity contribution in [3.05, 3.63) is 65.0 Å². The standard InChI is InChI=1S/C18H22FNO/c1-13(2)20-11-16-10-17(19)8-9-18(16)21-12-15-7-5-4-6-14(15)3/h4-10,13,20H,11-12H2,1-3H3. The van der Waals surface area contributed by atoms with Gasteiger partial charge in [0.05, 0.1) is 0 Å². The van der Waals surface area contributed by atoms with Crippen molar-refractivity contribution < 1.29 is 9.13 Å². The Bertz CT molecular complexity index is 596. The Balaban J connectivity index is 2.10. The Labute approximate surface area is 126 Å². The maximum absolute atomic E-state index is 13.4. The predicted octanol–water partition coefficient (Wildman–Crippen LogP) is 4.21. The number of ether oxygens (including phenoxy) is 1. The minimum absolute atomic E-state index is 0.237. The van der Waals surface area contributed by atoms with Crippen molar-refractivity contribution >= 4 is 0 Å². The molecule has 0 aliphatic heterocycles. The van der Waals surface area contributed by atoms with Crippen LogP contribution in [0.4, 0.5) is 4.39 Å². The zero-order valence-corrected chi connectivity index (χ0v) is 12.8. The van der Waals surface area contributed by atoms with Crippen LogP contribution < -0.4 is 10.1 Å². The van der Waals surface area contributed by atoms with Gasteiger partial charge in [-0.15, -0.1) is 0 Å². The molecule has 0 spiro atoms. The summed E-state index contributed by atoms with van der Waals surface area (Å²) in [6, 6.07) is 13.1. The first-order chi connectivity index (χ1) is 10.1. The van der Waals surface area contributed by atoms with Gasteiger partial charge in [0.1, 0.15) is 18.2 Å². The molecular weight excluding hydrogens is 265 g/mol. The summed E-state index contributed by atoms with van der Waals surface area (Å²) in [5.41, 5.74) is 3.18. The lowest BCUT2D eigenvalue weighted by Crippen LogP contribution is -2.22. The first-order valence-electron chi connectivity index (χ1n) is 7.25. The molecule has 0 saturated carbocycles. The Morgan fingerprint density at radius 2 is 1.86 bits per heavy atom. The van der Waals surface area contributed by atoms with Gasteiger partial charge in [0, 0.05) is 18.2 Å². The number of halogens is 1. The molecule has 0 aliphatic rings. The van der Waals surface area contributed by atoms with E-state index in [1.165, 1.54) is 17.7 Å². The lowest BCUT2D eigenvalue weighted by atomic mass is 10.1. The van der Waals surface area contributed by atoms with Crippen molar-refractivity contribution in [3.8, 4) is 5.75 Å². The average Bonchev–Trinajstić information content (AvgIpc) is 2.45. The highest BCUT2D eigenvalue weighted by Crippen LogP contribution is 2.21. The number of nitrogens with one attached hydrogen (secondary N) is 1. The van der Waals surface area contributed by atoms with Crippen molar-refractivity contribution in [2.45, 2.75) is 40.0 Å². The molecule has 0 radical (unpaired) electrons. The zero-order chi connectivity index (χ0) is 15.2. The summed E-state index contributed by atoms with van der Waals surface area (Å²) < 4.78 is 19.3. The number of rotatable bonds is 6. The lowest BCUT2D eigenvalue weighted by molar-refractivity contribution is 0.300. The fourth-order valence-corrected chi connectivity index (χ4v) is 2.07. The third-order valence-corrected chi connectivity index (χ3v) is 3.37. The smallest absolute Gasteiger partial charge is 0.124 e. The molecule has 0 fully saturated rings. The molecule has 2 aromatic carbocycles. The number of benzene rings is 2. The van der Waals surface area contributed by atoms with E-state index in [4.69, 9.17) is 4.74 Å². The molecule has 0 aliphatic carbocycles. The Morgan fingerprint density at radius 3 is 2.57 bits per heavy atom. The highest BCUT2D eigenvalue weighted by atomic mass is 19.1. The quantitative estimate of drug-likeness (QED) is 0.859. The van der Waals surface area contributed by atoms with Gasteiger partial charge in [-0.3, -0.25) is 0 Å². The van der Waals surface area contributed by atoms with E-state index in [-0.39, 0.29) is 5.82 Å². The summed E-state index contributed by atoms with van der Waals surface area (Å²) in [7, 11) is 0. The summed E-state index contributed by atoms with van der Waals surface area (Å²) in [5, 5.41) is 3.29. The topological polar surface area (TPSA) is 21.3 Å². The highest BCUT2D eigenvalue weighted by molar-refractivity contribution is 5.34. The van der Waals surface area contributed by atoms with Crippen LogP contribution >= 0.6 is 0 Å². The normalized spacial score (nSPS) is 10.9. The summed E-state index contributed by atoms with van der Waals surface area (Å²) in [6.07, 6.45) is 0. The Hall–Kier alpha value is -1.87. The van der Waals surface area contributed by atoms with Crippen molar-refractivity contribution in [3.63, 3.8) is 0 Å². The van der Waals surface area contributed by atoms with E-state index in [2.05, 4.69) is 32.2 Å². The first-order valence-corrected chi connectivity index (χ1v) is 7.25. The number of hydrogen-bond acceptors (Lipinski definition) is 2. The SMILES string of the molecule is Cc1ccccc1COc1ccc(F)cc1CNC(C)C. The van der Waals surface area contributed by atoms with Crippen LogP contribution in [0.1, 0.15) is 30.5 Å². The minimum Gasteiger partial charge on any atom is -0.489 e. The van der Waals surface area contributed by atoms with Gasteiger partial charge in [-0.05, 0) is 36.2 Å². The van der Waals surface area contributed by atoms with Crippen LogP contribution in [0.2, 0.25) is 0 Å². The molecule has 0 amide bonds. The summed E-state index contributed by atoms with van der Waals surface area (Å²) >= 11 is 0. The second-order valence-electron chi connectivity index (χ2n) is 5.50. The fraction of sp³-hybridized carbons (Fsp3) is 0.333. The van der Waals surface area contributed by atoms with Crippen molar-refractivity contribution in [2.24, 2.45) is 0 Å². The third-order valence-electron chi connectivity index (χ3n) is 3.37. The van der Waals surface area contributed by atoms with Crippen LogP contribution in [0.25, 0.3) is 0 Å². The average molecular weight is 287 g/mol. The number of aryl methyl sites for hydroxylation is 1. The second-order valence-corrected chi connectivity index (χ2v) is 5.50. The molecule has 2 rings (SSSR count). The fourth-order valence-electron chi connectivity index (χ4n) is 2.07. The van der Waals surface area contributed by atoms with E-state index in [9.17, 15) is 4.39 Å². The van der Waals surface area contributed by atoms with E-state index >= 15 is 0 Å². The van der Waals surface area contributed by atoms with Crippen molar-refractivity contribution in [1.29, 1.82) is 0 Å². The maximum Gasteiger partial charge on any atom is 0.124 e. The van der Waals surface area contributed by atoms with E-state index in [0.29, 0.717) is 19.2 Å². The van der Waals surface area contributed by atoms with Gasteiger partial charge in [-0.25, -0.2) is 4.39 Å². The highest BCUT2D eigenvalue weighted by Gasteiger charge is 2.07. The van der Waals surface area contributed by atoms with Gasteiger partial charge < -0.3 is 10.1 Å². The largest absolute Gasteiger partial charge is 0.489 e. The van der Waals surface area contributed by atoms with E-state index < -0.39 is 0 Å². The maximum atomic E-state index is 13.4. The summed E-state index contributed by atoms with van der Waals surface area (Å²) in [6.45, 7) is 7.27. The van der Waals surface area contributed by atoms with E-state index in [1.54, 1.807) is 6.07 Å². The van der Waals surface area contributed by atoms with Crippen LogP contribution in [0, 0.1) is 12.7 Å². The Kier molecular flexibility index (Phi) is 5.34. The molecule has 3 heteroatoms. The van der Waals surface area contributed by atoms with E-state index in [0.717, 1.165) is 16.9 Å². The molecule has 0 unspecified atom stereocenters. The predicted molar refractivity (Wildman–Crippen MR) is 83.9 cm³/mol. The van der Waals surface area contributed by atoms with Crippen LogP contribution in [0.15, 0.2) is 42.5 Å². The molecule has 2 aromatic rings. The summed E-state index contributed by atoms with van der Waals surface area (Å²) in [4.78, 5) is 0. The van der Waals surface area contributed by atoms with Gasteiger partial charge in [0.15, 0.2) is 0 Å². The van der Waals surface area contributed by atoms with Crippen LogP contribution in [0.3, 0.4) is 0 Å². The van der Waals surface area contributed by atoms with Crippen LogP contribution in [-0.4, -0.2) is 6.04 Å². The lowest BCUT2D eigenvalue weighted by Gasteiger charge is -2.14. The van der Waals surface area contributed by atoms with Gasteiger partial charge in [0.2, 0.25) is 0 Å². The van der Waals surface area contributed by atoms with E-state index in [1.807, 2.05) is 18.2 Å². The van der Waals surface area contributed by atoms with Gasteiger partial charge in [-0.1, -0.05) is 38.1 Å². The zero-order valence-electron chi connectivity index (χ0n) is 12.8. The third kappa shape index (κ3) is 4.57.